The molecule has 4 nitrogen and oxygen atoms in total. The van der Waals surface area contributed by atoms with Crippen LogP contribution in [0.1, 0.15) is 24.0 Å². The standard InChI is InChI=1S/C16H21F4N3O/c1-23(12-4-6-21-7-5-12)10-15(24)22-9-11-2-3-14(17)13(8-11)16(18,19)20/h2-3,8,12,21H,4-7,9-10H2,1H3,(H,22,24). The van der Waals surface area contributed by atoms with E-state index in [4.69, 9.17) is 0 Å². The van der Waals surface area contributed by atoms with E-state index in [2.05, 4.69) is 10.6 Å². The summed E-state index contributed by atoms with van der Waals surface area (Å²) in [6, 6.07) is 3.05. The number of alkyl halides is 3. The summed E-state index contributed by atoms with van der Waals surface area (Å²) in [4.78, 5) is 13.9. The summed E-state index contributed by atoms with van der Waals surface area (Å²) < 4.78 is 51.2. The van der Waals surface area contributed by atoms with Crippen molar-refractivity contribution >= 4 is 5.91 Å². The number of piperidine rings is 1. The number of likely N-dealkylation sites (N-methyl/N-ethyl adjacent to an activating group) is 1. The van der Waals surface area contributed by atoms with Crippen molar-refractivity contribution in [3.63, 3.8) is 0 Å². The zero-order chi connectivity index (χ0) is 17.7. The first-order valence-corrected chi connectivity index (χ1v) is 7.80. The highest BCUT2D eigenvalue weighted by Gasteiger charge is 2.34. The molecule has 0 atom stereocenters. The van der Waals surface area contributed by atoms with Gasteiger partial charge in [0, 0.05) is 12.6 Å². The summed E-state index contributed by atoms with van der Waals surface area (Å²) >= 11 is 0. The average molecular weight is 347 g/mol. The van der Waals surface area contributed by atoms with Gasteiger partial charge in [-0.15, -0.1) is 0 Å². The number of hydrogen-bond acceptors (Lipinski definition) is 3. The molecule has 0 radical (unpaired) electrons. The molecular weight excluding hydrogens is 326 g/mol. The molecule has 2 N–H and O–H groups in total. The molecule has 1 amide bonds. The predicted molar refractivity (Wildman–Crippen MR) is 81.8 cm³/mol. The van der Waals surface area contributed by atoms with Crippen LogP contribution in [0.3, 0.4) is 0 Å². The molecular formula is C16H21F4N3O. The van der Waals surface area contributed by atoms with Crippen molar-refractivity contribution < 1.29 is 22.4 Å². The molecule has 2 rings (SSSR count). The zero-order valence-corrected chi connectivity index (χ0v) is 13.4. The van der Waals surface area contributed by atoms with E-state index in [1.54, 1.807) is 0 Å². The molecule has 1 aliphatic heterocycles. The van der Waals surface area contributed by atoms with Crippen LogP contribution >= 0.6 is 0 Å². The fraction of sp³-hybridized carbons (Fsp3) is 0.562. The van der Waals surface area contributed by atoms with Crippen LogP contribution in [0.25, 0.3) is 0 Å². The molecule has 1 aliphatic rings. The van der Waals surface area contributed by atoms with Crippen molar-refractivity contribution in [2.45, 2.75) is 31.6 Å². The first-order chi connectivity index (χ1) is 11.3. The van der Waals surface area contributed by atoms with E-state index < -0.39 is 17.6 Å². The molecule has 1 aromatic rings. The van der Waals surface area contributed by atoms with Crippen molar-refractivity contribution in [1.82, 2.24) is 15.5 Å². The van der Waals surface area contributed by atoms with Crippen molar-refractivity contribution in [1.29, 1.82) is 0 Å². The number of benzene rings is 1. The normalized spacial score (nSPS) is 16.4. The number of nitrogens with zero attached hydrogens (tertiary/aromatic N) is 1. The second-order valence-electron chi connectivity index (χ2n) is 5.98. The van der Waals surface area contributed by atoms with Crippen molar-refractivity contribution in [2.24, 2.45) is 0 Å². The van der Waals surface area contributed by atoms with Gasteiger partial charge in [0.05, 0.1) is 12.1 Å². The summed E-state index contributed by atoms with van der Waals surface area (Å²) in [6.07, 6.45) is -2.84. The van der Waals surface area contributed by atoms with E-state index in [-0.39, 0.29) is 24.6 Å². The maximum absolute atomic E-state index is 13.2. The minimum absolute atomic E-state index is 0.0672. The van der Waals surface area contributed by atoms with E-state index in [0.29, 0.717) is 6.04 Å². The number of nitrogens with one attached hydrogen (secondary N) is 2. The lowest BCUT2D eigenvalue weighted by molar-refractivity contribution is -0.140. The van der Waals surface area contributed by atoms with Crippen LogP contribution in [-0.2, 0) is 17.5 Å². The maximum atomic E-state index is 13.2. The summed E-state index contributed by atoms with van der Waals surface area (Å²) in [7, 11) is 1.86. The highest BCUT2D eigenvalue weighted by Crippen LogP contribution is 2.31. The molecule has 0 unspecified atom stereocenters. The molecule has 134 valence electrons. The number of hydrogen-bond donors (Lipinski definition) is 2. The van der Waals surface area contributed by atoms with Gasteiger partial charge in [0.1, 0.15) is 5.82 Å². The van der Waals surface area contributed by atoms with Crippen LogP contribution in [0, 0.1) is 5.82 Å². The van der Waals surface area contributed by atoms with Gasteiger partial charge >= 0.3 is 6.18 Å². The molecule has 0 aromatic heterocycles. The Balaban J connectivity index is 1.87. The topological polar surface area (TPSA) is 44.4 Å². The maximum Gasteiger partial charge on any atom is 0.419 e. The van der Waals surface area contributed by atoms with Gasteiger partial charge in [-0.3, -0.25) is 9.69 Å². The molecule has 1 fully saturated rings. The lowest BCUT2D eigenvalue weighted by Crippen LogP contribution is -2.45. The van der Waals surface area contributed by atoms with Crippen LogP contribution in [0.4, 0.5) is 17.6 Å². The van der Waals surface area contributed by atoms with Crippen LogP contribution in [0.2, 0.25) is 0 Å². The number of halogens is 4. The summed E-state index contributed by atoms with van der Waals surface area (Å²) in [5.41, 5.74) is -1.11. The smallest absolute Gasteiger partial charge is 0.351 e. The van der Waals surface area contributed by atoms with E-state index in [1.165, 1.54) is 6.07 Å². The monoisotopic (exact) mass is 347 g/mol. The Morgan fingerprint density at radius 3 is 2.62 bits per heavy atom. The van der Waals surface area contributed by atoms with Crippen molar-refractivity contribution in [2.75, 3.05) is 26.7 Å². The molecule has 0 spiro atoms. The first-order valence-electron chi connectivity index (χ1n) is 7.80. The van der Waals surface area contributed by atoms with Gasteiger partial charge < -0.3 is 10.6 Å². The Morgan fingerprint density at radius 1 is 1.33 bits per heavy atom. The van der Waals surface area contributed by atoms with Gasteiger partial charge in [-0.05, 0) is 50.7 Å². The van der Waals surface area contributed by atoms with E-state index >= 15 is 0 Å². The number of amides is 1. The van der Waals surface area contributed by atoms with Crippen LogP contribution in [-0.4, -0.2) is 43.5 Å². The zero-order valence-electron chi connectivity index (χ0n) is 13.4. The van der Waals surface area contributed by atoms with Gasteiger partial charge in [0.25, 0.3) is 0 Å². The minimum atomic E-state index is -4.75. The molecule has 0 bridgehead atoms. The van der Waals surface area contributed by atoms with Crippen LogP contribution < -0.4 is 10.6 Å². The SMILES string of the molecule is CN(CC(=O)NCc1ccc(F)c(C(F)(F)F)c1)C1CCNCC1. The molecule has 1 saturated heterocycles. The molecule has 1 heterocycles. The van der Waals surface area contributed by atoms with E-state index in [9.17, 15) is 22.4 Å². The summed E-state index contributed by atoms with van der Waals surface area (Å²) in [5, 5.41) is 5.82. The predicted octanol–water partition coefficient (Wildman–Crippen LogP) is 2.14. The van der Waals surface area contributed by atoms with Crippen molar-refractivity contribution in [3.8, 4) is 0 Å². The highest BCUT2D eigenvalue weighted by molar-refractivity contribution is 5.78. The molecule has 0 aliphatic carbocycles. The van der Waals surface area contributed by atoms with E-state index in [0.717, 1.165) is 38.1 Å². The third-order valence-corrected chi connectivity index (χ3v) is 4.15. The molecule has 0 saturated carbocycles. The van der Waals surface area contributed by atoms with Gasteiger partial charge in [-0.25, -0.2) is 4.39 Å². The largest absolute Gasteiger partial charge is 0.419 e. The van der Waals surface area contributed by atoms with E-state index in [1.807, 2.05) is 11.9 Å². The molecule has 24 heavy (non-hydrogen) atoms. The Hall–Kier alpha value is -1.67. The second kappa shape index (κ2) is 7.94. The number of carbonyl (C=O) groups excluding carboxylic acids is 1. The summed E-state index contributed by atoms with van der Waals surface area (Å²) in [6.45, 7) is 1.93. The molecule has 8 heteroatoms. The van der Waals surface area contributed by atoms with Gasteiger partial charge in [0.2, 0.25) is 5.91 Å². The Bertz CT molecular complexity index is 571. The third kappa shape index (κ3) is 5.17. The van der Waals surface area contributed by atoms with Gasteiger partial charge in [-0.2, -0.15) is 13.2 Å². The Kier molecular flexibility index (Phi) is 6.17. The first kappa shape index (κ1) is 18.7. The van der Waals surface area contributed by atoms with Crippen LogP contribution in [0.5, 0.6) is 0 Å². The quantitative estimate of drug-likeness (QED) is 0.803. The number of carbonyl (C=O) groups is 1. The summed E-state index contributed by atoms with van der Waals surface area (Å²) in [5.74, 6) is -1.59. The van der Waals surface area contributed by atoms with Crippen molar-refractivity contribution in [3.05, 3.63) is 35.1 Å². The Morgan fingerprint density at radius 2 is 2.00 bits per heavy atom. The van der Waals surface area contributed by atoms with Gasteiger partial charge in [0.15, 0.2) is 0 Å². The van der Waals surface area contributed by atoms with Gasteiger partial charge in [-0.1, -0.05) is 6.07 Å². The molecule has 1 aromatic carbocycles. The highest BCUT2D eigenvalue weighted by atomic mass is 19.4. The van der Waals surface area contributed by atoms with Crippen LogP contribution in [0.15, 0.2) is 18.2 Å². The fourth-order valence-electron chi connectivity index (χ4n) is 2.76. The lowest BCUT2D eigenvalue weighted by Gasteiger charge is -2.31. The third-order valence-electron chi connectivity index (χ3n) is 4.15. The Labute approximate surface area is 138 Å². The lowest BCUT2D eigenvalue weighted by atomic mass is 10.1. The fourth-order valence-corrected chi connectivity index (χ4v) is 2.76. The second-order valence-corrected chi connectivity index (χ2v) is 5.98. The number of rotatable bonds is 5. The minimum Gasteiger partial charge on any atom is -0.351 e. The average Bonchev–Trinajstić information content (AvgIpc) is 2.53.